The number of carbonyl (C=O) groups is 2. The van der Waals surface area contributed by atoms with E-state index in [0.29, 0.717) is 19.6 Å². The van der Waals surface area contributed by atoms with E-state index in [1.54, 1.807) is 6.26 Å². The smallest absolute Gasteiger partial charge is 0.227 e. The summed E-state index contributed by atoms with van der Waals surface area (Å²) in [6, 6.07) is 4.09. The zero-order valence-electron chi connectivity index (χ0n) is 17.8. The highest BCUT2D eigenvalue weighted by atomic mass is 16.3. The van der Waals surface area contributed by atoms with Crippen LogP contribution in [0.15, 0.2) is 22.8 Å². The van der Waals surface area contributed by atoms with Crippen LogP contribution in [0.1, 0.15) is 52.2 Å². The minimum Gasteiger partial charge on any atom is -0.467 e. The Morgan fingerprint density at radius 2 is 1.75 bits per heavy atom. The van der Waals surface area contributed by atoms with Crippen LogP contribution in [0.3, 0.4) is 0 Å². The van der Waals surface area contributed by atoms with Crippen molar-refractivity contribution in [1.82, 2.24) is 14.7 Å². The van der Waals surface area contributed by atoms with Crippen molar-refractivity contribution in [2.24, 2.45) is 11.3 Å². The van der Waals surface area contributed by atoms with Gasteiger partial charge in [-0.25, -0.2) is 0 Å². The van der Waals surface area contributed by atoms with Crippen molar-refractivity contribution in [2.75, 3.05) is 33.2 Å². The highest BCUT2D eigenvalue weighted by Crippen LogP contribution is 2.28. The molecule has 2 aliphatic heterocycles. The van der Waals surface area contributed by atoms with Crippen LogP contribution in [-0.4, -0.2) is 65.8 Å². The second-order valence-electron chi connectivity index (χ2n) is 9.40. The van der Waals surface area contributed by atoms with Gasteiger partial charge in [0.15, 0.2) is 0 Å². The number of hydrogen-bond donors (Lipinski definition) is 0. The number of rotatable bonds is 4. The van der Waals surface area contributed by atoms with Crippen LogP contribution >= 0.6 is 0 Å². The van der Waals surface area contributed by atoms with Crippen molar-refractivity contribution < 1.29 is 14.0 Å². The number of hydrogen-bond acceptors (Lipinski definition) is 4. The molecule has 0 saturated carbocycles. The maximum Gasteiger partial charge on any atom is 0.227 e. The summed E-state index contributed by atoms with van der Waals surface area (Å²) in [5, 5.41) is 0. The van der Waals surface area contributed by atoms with Crippen LogP contribution in [0.2, 0.25) is 0 Å². The SMILES string of the molecule is CN1CCC(N(Cc2ccco2)C(=O)C2CCN(C(=O)C(C)(C)C)CC2)CC1. The van der Waals surface area contributed by atoms with E-state index in [2.05, 4.69) is 16.8 Å². The summed E-state index contributed by atoms with van der Waals surface area (Å²) in [6.07, 6.45) is 5.18. The first-order valence-electron chi connectivity index (χ1n) is 10.6. The topological polar surface area (TPSA) is 57.0 Å². The lowest BCUT2D eigenvalue weighted by atomic mass is 9.90. The van der Waals surface area contributed by atoms with Gasteiger partial charge in [0.2, 0.25) is 11.8 Å². The number of furan rings is 1. The Morgan fingerprint density at radius 1 is 1.11 bits per heavy atom. The molecule has 28 heavy (non-hydrogen) atoms. The molecular formula is C22H35N3O3. The van der Waals surface area contributed by atoms with Gasteiger partial charge in [0, 0.05) is 30.5 Å². The van der Waals surface area contributed by atoms with E-state index in [1.807, 2.05) is 37.8 Å². The predicted octanol–water partition coefficient (Wildman–Crippen LogP) is 2.99. The Hall–Kier alpha value is -1.82. The van der Waals surface area contributed by atoms with E-state index < -0.39 is 0 Å². The minimum absolute atomic E-state index is 0.00126. The van der Waals surface area contributed by atoms with Crippen molar-refractivity contribution in [2.45, 2.75) is 59.0 Å². The number of amides is 2. The molecular weight excluding hydrogens is 354 g/mol. The van der Waals surface area contributed by atoms with Crippen LogP contribution in [0.4, 0.5) is 0 Å². The van der Waals surface area contributed by atoms with E-state index in [-0.39, 0.29) is 29.2 Å². The van der Waals surface area contributed by atoms with E-state index >= 15 is 0 Å². The molecule has 6 nitrogen and oxygen atoms in total. The molecule has 0 unspecified atom stereocenters. The monoisotopic (exact) mass is 389 g/mol. The van der Waals surface area contributed by atoms with Crippen molar-refractivity contribution in [3.63, 3.8) is 0 Å². The Labute approximate surface area is 168 Å². The van der Waals surface area contributed by atoms with Gasteiger partial charge in [-0.3, -0.25) is 9.59 Å². The zero-order valence-corrected chi connectivity index (χ0v) is 17.8. The number of carbonyl (C=O) groups excluding carboxylic acids is 2. The van der Waals surface area contributed by atoms with Crippen molar-refractivity contribution in [3.8, 4) is 0 Å². The molecule has 0 aliphatic carbocycles. The Morgan fingerprint density at radius 3 is 2.29 bits per heavy atom. The summed E-state index contributed by atoms with van der Waals surface area (Å²) in [4.78, 5) is 32.3. The third kappa shape index (κ3) is 4.96. The van der Waals surface area contributed by atoms with E-state index in [1.165, 1.54) is 0 Å². The highest BCUT2D eigenvalue weighted by Gasteiger charge is 2.36. The molecule has 1 aromatic rings. The molecule has 0 spiro atoms. The lowest BCUT2D eigenvalue weighted by Gasteiger charge is -2.41. The second-order valence-corrected chi connectivity index (χ2v) is 9.40. The average molecular weight is 390 g/mol. The fourth-order valence-corrected chi connectivity index (χ4v) is 4.30. The summed E-state index contributed by atoms with van der Waals surface area (Å²) in [7, 11) is 2.14. The van der Waals surface area contributed by atoms with Crippen LogP contribution in [0.5, 0.6) is 0 Å². The standard InChI is InChI=1S/C22H35N3O3/c1-22(2,3)21(27)24-13-7-17(8-14-24)20(26)25(16-19-6-5-15-28-19)18-9-11-23(4)12-10-18/h5-6,15,17-18H,7-14,16H2,1-4H3. The molecule has 2 fully saturated rings. The van der Waals surface area contributed by atoms with Crippen molar-refractivity contribution in [3.05, 3.63) is 24.2 Å². The summed E-state index contributed by atoms with van der Waals surface area (Å²) < 4.78 is 5.54. The van der Waals surface area contributed by atoms with Gasteiger partial charge < -0.3 is 19.1 Å². The molecule has 0 aromatic carbocycles. The molecule has 156 valence electrons. The number of likely N-dealkylation sites (tertiary alicyclic amines) is 2. The Bertz CT molecular complexity index is 649. The van der Waals surface area contributed by atoms with Gasteiger partial charge in [0.1, 0.15) is 5.76 Å². The third-order valence-corrected chi connectivity index (χ3v) is 6.09. The maximum absolute atomic E-state index is 13.4. The summed E-state index contributed by atoms with van der Waals surface area (Å²) >= 11 is 0. The molecule has 1 aromatic heterocycles. The first kappa shape index (κ1) is 20.9. The van der Waals surface area contributed by atoms with Gasteiger partial charge in [-0.2, -0.15) is 0 Å². The van der Waals surface area contributed by atoms with Crippen LogP contribution in [-0.2, 0) is 16.1 Å². The van der Waals surface area contributed by atoms with E-state index in [4.69, 9.17) is 4.42 Å². The van der Waals surface area contributed by atoms with Gasteiger partial charge in [-0.15, -0.1) is 0 Å². The Balaban J connectivity index is 1.65. The van der Waals surface area contributed by atoms with Gasteiger partial charge in [-0.1, -0.05) is 20.8 Å². The van der Waals surface area contributed by atoms with Gasteiger partial charge in [-0.05, 0) is 58.0 Å². The normalized spacial score (nSPS) is 20.4. The average Bonchev–Trinajstić information content (AvgIpc) is 3.18. The maximum atomic E-state index is 13.4. The highest BCUT2D eigenvalue weighted by molar-refractivity contribution is 5.83. The fourth-order valence-electron chi connectivity index (χ4n) is 4.30. The zero-order chi connectivity index (χ0) is 20.3. The predicted molar refractivity (Wildman–Crippen MR) is 109 cm³/mol. The van der Waals surface area contributed by atoms with Gasteiger partial charge >= 0.3 is 0 Å². The Kier molecular flexibility index (Phi) is 6.48. The molecule has 2 amide bonds. The van der Waals surface area contributed by atoms with Crippen molar-refractivity contribution in [1.29, 1.82) is 0 Å². The lowest BCUT2D eigenvalue weighted by Crippen LogP contribution is -2.51. The quantitative estimate of drug-likeness (QED) is 0.794. The molecule has 6 heteroatoms. The molecule has 0 N–H and O–H groups in total. The largest absolute Gasteiger partial charge is 0.467 e. The fraction of sp³-hybridized carbons (Fsp3) is 0.727. The van der Waals surface area contributed by atoms with Crippen LogP contribution in [0.25, 0.3) is 0 Å². The number of piperidine rings is 2. The molecule has 0 bridgehead atoms. The molecule has 0 atom stereocenters. The molecule has 3 heterocycles. The van der Waals surface area contributed by atoms with Gasteiger partial charge in [0.05, 0.1) is 12.8 Å². The van der Waals surface area contributed by atoms with E-state index in [9.17, 15) is 9.59 Å². The number of nitrogens with zero attached hydrogens (tertiary/aromatic N) is 3. The first-order chi connectivity index (χ1) is 13.3. The second kappa shape index (κ2) is 8.68. The summed E-state index contributed by atoms with van der Waals surface area (Å²) in [6.45, 7) is 9.80. The molecule has 2 saturated heterocycles. The minimum atomic E-state index is -0.365. The lowest BCUT2D eigenvalue weighted by molar-refractivity contribution is -0.147. The third-order valence-electron chi connectivity index (χ3n) is 6.09. The van der Waals surface area contributed by atoms with Gasteiger partial charge in [0.25, 0.3) is 0 Å². The van der Waals surface area contributed by atoms with E-state index in [0.717, 1.165) is 44.5 Å². The van der Waals surface area contributed by atoms with Crippen LogP contribution < -0.4 is 0 Å². The molecule has 3 rings (SSSR count). The molecule has 0 radical (unpaired) electrons. The first-order valence-corrected chi connectivity index (χ1v) is 10.6. The summed E-state index contributed by atoms with van der Waals surface area (Å²) in [5.74, 6) is 1.25. The molecule has 2 aliphatic rings. The summed E-state index contributed by atoms with van der Waals surface area (Å²) in [5.41, 5.74) is -0.365. The van der Waals surface area contributed by atoms with Crippen LogP contribution in [0, 0.1) is 11.3 Å². The van der Waals surface area contributed by atoms with Crippen molar-refractivity contribution >= 4 is 11.8 Å².